The Morgan fingerprint density at radius 1 is 1.21 bits per heavy atom. The molecular formula is C19H22N2O3. The number of ketones is 1. The lowest BCUT2D eigenvalue weighted by atomic mass is 9.60. The van der Waals surface area contributed by atoms with Crippen LogP contribution >= 0.6 is 0 Å². The van der Waals surface area contributed by atoms with Crippen LogP contribution in [0.15, 0.2) is 24.3 Å². The van der Waals surface area contributed by atoms with Crippen molar-refractivity contribution < 1.29 is 14.4 Å². The van der Waals surface area contributed by atoms with Gasteiger partial charge in [0.1, 0.15) is 0 Å². The zero-order chi connectivity index (χ0) is 17.1. The zero-order valence-electron chi connectivity index (χ0n) is 14.2. The molecule has 1 unspecified atom stereocenters. The van der Waals surface area contributed by atoms with Gasteiger partial charge in [0.15, 0.2) is 5.66 Å². The molecular weight excluding hydrogens is 304 g/mol. The summed E-state index contributed by atoms with van der Waals surface area (Å²) in [6.45, 7) is 4.12. The lowest BCUT2D eigenvalue weighted by Gasteiger charge is -2.61. The van der Waals surface area contributed by atoms with Gasteiger partial charge in [-0.2, -0.15) is 0 Å². The van der Waals surface area contributed by atoms with Crippen molar-refractivity contribution in [3.8, 4) is 0 Å². The summed E-state index contributed by atoms with van der Waals surface area (Å²) >= 11 is 0. The molecule has 4 rings (SSSR count). The van der Waals surface area contributed by atoms with E-state index in [4.69, 9.17) is 0 Å². The standard InChI is InChI=1S/C19H22N2O3/c1-3-18-10-6-12-20(13(2)22)19(18)17(24)14-7-4-5-8-15(14)21(19)16(23)9-11-18/h4-5,7-8H,3,6,9-12H2,1-2H3/t18-,19?/m1/s1. The number of hydrogen-bond acceptors (Lipinski definition) is 3. The molecule has 2 fully saturated rings. The first-order valence-corrected chi connectivity index (χ1v) is 8.75. The molecule has 3 heterocycles. The van der Waals surface area contributed by atoms with Gasteiger partial charge >= 0.3 is 0 Å². The predicted octanol–water partition coefficient (Wildman–Crippen LogP) is 2.74. The number of fused-ring (bicyclic) bond motifs is 2. The van der Waals surface area contributed by atoms with Crippen molar-refractivity contribution in [3.05, 3.63) is 29.8 Å². The van der Waals surface area contributed by atoms with Crippen molar-refractivity contribution >= 4 is 23.3 Å². The van der Waals surface area contributed by atoms with Gasteiger partial charge in [0, 0.05) is 30.9 Å². The van der Waals surface area contributed by atoms with E-state index in [-0.39, 0.29) is 23.0 Å². The number of carbonyl (C=O) groups is 3. The van der Waals surface area contributed by atoms with E-state index in [1.165, 1.54) is 6.92 Å². The van der Waals surface area contributed by atoms with Crippen LogP contribution in [-0.2, 0) is 9.59 Å². The summed E-state index contributed by atoms with van der Waals surface area (Å²) in [5.74, 6) is -0.262. The third-order valence-corrected chi connectivity index (χ3v) is 6.32. The smallest absolute Gasteiger partial charge is 0.229 e. The molecule has 3 aliphatic rings. The monoisotopic (exact) mass is 326 g/mol. The molecule has 2 amide bonds. The lowest BCUT2D eigenvalue weighted by molar-refractivity contribution is -0.152. The molecule has 1 aromatic carbocycles. The average Bonchev–Trinajstić information content (AvgIpc) is 2.85. The second kappa shape index (κ2) is 4.91. The average molecular weight is 326 g/mol. The Balaban J connectivity index is 2.05. The fourth-order valence-corrected chi connectivity index (χ4v) is 5.30. The van der Waals surface area contributed by atoms with Crippen molar-refractivity contribution in [1.82, 2.24) is 4.90 Å². The minimum atomic E-state index is -1.16. The quantitative estimate of drug-likeness (QED) is 0.797. The molecule has 0 saturated carbocycles. The number of para-hydroxylation sites is 1. The van der Waals surface area contributed by atoms with Crippen LogP contribution in [0.2, 0.25) is 0 Å². The maximum Gasteiger partial charge on any atom is 0.229 e. The van der Waals surface area contributed by atoms with E-state index in [2.05, 4.69) is 6.92 Å². The van der Waals surface area contributed by atoms with Crippen molar-refractivity contribution in [3.63, 3.8) is 0 Å². The summed E-state index contributed by atoms with van der Waals surface area (Å²) in [6.07, 6.45) is 3.63. The van der Waals surface area contributed by atoms with E-state index in [0.29, 0.717) is 30.6 Å². The van der Waals surface area contributed by atoms with Crippen molar-refractivity contribution in [2.75, 3.05) is 11.4 Å². The van der Waals surface area contributed by atoms with E-state index in [0.717, 1.165) is 19.3 Å². The zero-order valence-corrected chi connectivity index (χ0v) is 14.2. The van der Waals surface area contributed by atoms with Gasteiger partial charge in [-0.3, -0.25) is 19.3 Å². The Kier molecular flexibility index (Phi) is 3.15. The summed E-state index contributed by atoms with van der Waals surface area (Å²) < 4.78 is 0. The van der Waals surface area contributed by atoms with Crippen LogP contribution < -0.4 is 4.90 Å². The summed E-state index contributed by atoms with van der Waals surface area (Å²) in [7, 11) is 0. The van der Waals surface area contributed by atoms with Crippen molar-refractivity contribution in [1.29, 1.82) is 0 Å². The minimum Gasteiger partial charge on any atom is -0.312 e. The molecule has 0 aliphatic carbocycles. The highest BCUT2D eigenvalue weighted by Crippen LogP contribution is 2.60. The van der Waals surface area contributed by atoms with Gasteiger partial charge in [0.05, 0.1) is 5.69 Å². The molecule has 1 aromatic rings. The van der Waals surface area contributed by atoms with E-state index < -0.39 is 5.66 Å². The molecule has 0 radical (unpaired) electrons. The van der Waals surface area contributed by atoms with Crippen molar-refractivity contribution in [2.45, 2.75) is 51.6 Å². The number of benzene rings is 1. The Labute approximate surface area is 141 Å². The molecule has 0 N–H and O–H groups in total. The van der Waals surface area contributed by atoms with E-state index in [1.54, 1.807) is 15.9 Å². The van der Waals surface area contributed by atoms with Gasteiger partial charge in [-0.1, -0.05) is 19.1 Å². The number of Topliss-reactive ketones (excluding diaryl/α,β-unsaturated/α-hetero) is 1. The first-order chi connectivity index (χ1) is 11.5. The van der Waals surface area contributed by atoms with Crippen LogP contribution in [0.1, 0.15) is 56.3 Å². The highest BCUT2D eigenvalue weighted by Gasteiger charge is 2.71. The number of anilines is 1. The Morgan fingerprint density at radius 3 is 2.67 bits per heavy atom. The number of amides is 2. The van der Waals surface area contributed by atoms with E-state index in [1.807, 2.05) is 18.2 Å². The highest BCUT2D eigenvalue weighted by atomic mass is 16.2. The molecule has 0 aromatic heterocycles. The van der Waals surface area contributed by atoms with Gasteiger partial charge in [-0.05, 0) is 37.8 Å². The molecule has 126 valence electrons. The maximum atomic E-state index is 13.6. The first-order valence-electron chi connectivity index (χ1n) is 8.75. The van der Waals surface area contributed by atoms with Gasteiger partial charge in [-0.15, -0.1) is 0 Å². The Bertz CT molecular complexity index is 759. The largest absolute Gasteiger partial charge is 0.312 e. The number of carbonyl (C=O) groups excluding carboxylic acids is 3. The lowest BCUT2D eigenvalue weighted by Crippen LogP contribution is -2.77. The minimum absolute atomic E-state index is 0.0504. The summed E-state index contributed by atoms with van der Waals surface area (Å²) in [4.78, 5) is 42.4. The molecule has 3 aliphatic heterocycles. The Hall–Kier alpha value is -2.17. The normalized spacial score (nSPS) is 31.6. The summed E-state index contributed by atoms with van der Waals surface area (Å²) in [6, 6.07) is 7.29. The fourth-order valence-electron chi connectivity index (χ4n) is 5.30. The van der Waals surface area contributed by atoms with Gasteiger partial charge in [0.25, 0.3) is 0 Å². The first kappa shape index (κ1) is 15.4. The van der Waals surface area contributed by atoms with Crippen LogP contribution in [0.3, 0.4) is 0 Å². The van der Waals surface area contributed by atoms with Crippen LogP contribution in [0, 0.1) is 5.41 Å². The van der Waals surface area contributed by atoms with Crippen LogP contribution in [0.5, 0.6) is 0 Å². The predicted molar refractivity (Wildman–Crippen MR) is 89.6 cm³/mol. The number of rotatable bonds is 1. The van der Waals surface area contributed by atoms with Gasteiger partial charge in [0.2, 0.25) is 17.6 Å². The second-order valence-corrected chi connectivity index (χ2v) is 7.16. The summed E-state index contributed by atoms with van der Waals surface area (Å²) in [5.41, 5.74) is -0.289. The number of piperidine rings is 2. The fraction of sp³-hybridized carbons (Fsp3) is 0.526. The molecule has 0 bridgehead atoms. The highest BCUT2D eigenvalue weighted by molar-refractivity contribution is 6.22. The second-order valence-electron chi connectivity index (χ2n) is 7.16. The maximum absolute atomic E-state index is 13.6. The molecule has 5 nitrogen and oxygen atoms in total. The molecule has 2 saturated heterocycles. The third-order valence-electron chi connectivity index (χ3n) is 6.32. The topological polar surface area (TPSA) is 57.7 Å². The number of likely N-dealkylation sites (tertiary alicyclic amines) is 1. The molecule has 1 spiro atoms. The van der Waals surface area contributed by atoms with Crippen LogP contribution in [-0.4, -0.2) is 34.7 Å². The van der Waals surface area contributed by atoms with E-state index >= 15 is 0 Å². The van der Waals surface area contributed by atoms with Gasteiger partial charge < -0.3 is 4.90 Å². The summed E-state index contributed by atoms with van der Waals surface area (Å²) in [5, 5.41) is 0. The van der Waals surface area contributed by atoms with Crippen molar-refractivity contribution in [2.24, 2.45) is 5.41 Å². The van der Waals surface area contributed by atoms with E-state index in [9.17, 15) is 14.4 Å². The Morgan fingerprint density at radius 2 is 1.96 bits per heavy atom. The number of nitrogens with zero attached hydrogens (tertiary/aromatic N) is 2. The molecule has 24 heavy (non-hydrogen) atoms. The van der Waals surface area contributed by atoms with Crippen LogP contribution in [0.4, 0.5) is 5.69 Å². The van der Waals surface area contributed by atoms with Crippen LogP contribution in [0.25, 0.3) is 0 Å². The molecule has 2 atom stereocenters. The SMILES string of the molecule is CC[C@]12CCCN(C(C)=O)C13C(=O)c1ccccc1N3C(=O)CC2. The molecule has 5 heteroatoms. The number of hydrogen-bond donors (Lipinski definition) is 0. The van der Waals surface area contributed by atoms with Gasteiger partial charge in [-0.25, -0.2) is 0 Å². The third kappa shape index (κ3) is 1.53.